The van der Waals surface area contributed by atoms with Crippen molar-refractivity contribution in [1.29, 1.82) is 0 Å². The molecule has 0 aromatic heterocycles. The second kappa shape index (κ2) is 8.34. The lowest BCUT2D eigenvalue weighted by Crippen LogP contribution is -2.01. The van der Waals surface area contributed by atoms with E-state index in [0.29, 0.717) is 0 Å². The van der Waals surface area contributed by atoms with Crippen molar-refractivity contribution in [1.82, 2.24) is 0 Å². The zero-order valence-electron chi connectivity index (χ0n) is 12.6. The minimum absolute atomic E-state index is 1.17. The lowest BCUT2D eigenvalue weighted by atomic mass is 9.88. The highest BCUT2D eigenvalue weighted by atomic mass is 14.2. The summed E-state index contributed by atoms with van der Waals surface area (Å²) < 4.78 is 0. The molecule has 18 heavy (non-hydrogen) atoms. The highest BCUT2D eigenvalue weighted by Crippen LogP contribution is 2.28. The van der Waals surface area contributed by atoms with Crippen LogP contribution in [-0.4, -0.2) is 0 Å². The quantitative estimate of drug-likeness (QED) is 0.530. The van der Waals surface area contributed by atoms with E-state index in [2.05, 4.69) is 52.0 Å². The van der Waals surface area contributed by atoms with Crippen LogP contribution in [0.2, 0.25) is 0 Å². The molecule has 0 amide bonds. The minimum Gasteiger partial charge on any atom is -0.0654 e. The molecule has 0 saturated heterocycles. The zero-order valence-corrected chi connectivity index (χ0v) is 12.6. The molecule has 0 fully saturated rings. The van der Waals surface area contributed by atoms with Crippen LogP contribution < -0.4 is 0 Å². The average molecular weight is 244 g/mol. The maximum atomic E-state index is 2.31. The predicted octanol–water partition coefficient (Wildman–Crippen LogP) is 5.95. The van der Waals surface area contributed by atoms with Crippen molar-refractivity contribution in [2.45, 2.75) is 66.2 Å². The predicted molar refractivity (Wildman–Crippen MR) is 81.5 cm³/mol. The first-order valence-corrected chi connectivity index (χ1v) is 7.56. The molecule has 0 heteroatoms. The molecule has 100 valence electrons. The fraction of sp³-hybridized carbons (Fsp3) is 0.556. The van der Waals surface area contributed by atoms with Crippen LogP contribution in [0.25, 0.3) is 0 Å². The van der Waals surface area contributed by atoms with E-state index in [0.717, 1.165) is 0 Å². The molecule has 0 nitrogen and oxygen atoms in total. The summed E-state index contributed by atoms with van der Waals surface area (Å²) in [6.45, 7) is 9.04. The molecule has 2 radical (unpaired) electrons. The molecule has 0 heterocycles. The summed E-state index contributed by atoms with van der Waals surface area (Å²) in [6.07, 6.45) is 7.30. The Morgan fingerprint density at radius 3 is 1.22 bits per heavy atom. The first kappa shape index (κ1) is 15.3. The molecule has 0 aliphatic rings. The van der Waals surface area contributed by atoms with E-state index >= 15 is 0 Å². The van der Waals surface area contributed by atoms with Crippen molar-refractivity contribution in [2.24, 2.45) is 0 Å². The van der Waals surface area contributed by atoms with Gasteiger partial charge in [0.25, 0.3) is 0 Å². The van der Waals surface area contributed by atoms with Gasteiger partial charge in [-0.3, -0.25) is 0 Å². The van der Waals surface area contributed by atoms with Crippen LogP contribution in [0.15, 0.2) is 24.3 Å². The molecule has 1 rings (SSSR count). The van der Waals surface area contributed by atoms with Gasteiger partial charge in [0.15, 0.2) is 0 Å². The van der Waals surface area contributed by atoms with Crippen LogP contribution in [0, 0.1) is 11.8 Å². The maximum absolute atomic E-state index is 2.31. The molecule has 0 unspecified atom stereocenters. The Labute approximate surface area is 114 Å². The van der Waals surface area contributed by atoms with E-state index in [9.17, 15) is 0 Å². The van der Waals surface area contributed by atoms with E-state index < -0.39 is 0 Å². The topological polar surface area (TPSA) is 0 Å². The third kappa shape index (κ3) is 4.15. The van der Waals surface area contributed by atoms with E-state index in [-0.39, 0.29) is 0 Å². The van der Waals surface area contributed by atoms with Crippen molar-refractivity contribution in [3.05, 3.63) is 47.2 Å². The molecule has 0 spiro atoms. The average Bonchev–Trinajstić information content (AvgIpc) is 2.42. The van der Waals surface area contributed by atoms with Gasteiger partial charge in [0.05, 0.1) is 0 Å². The van der Waals surface area contributed by atoms with Gasteiger partial charge in [-0.15, -0.1) is 0 Å². The zero-order chi connectivity index (χ0) is 13.4. The Bertz CT molecular complexity index is 276. The molecular formula is C18H28. The Hall–Kier alpha value is -0.780. The summed E-state index contributed by atoms with van der Waals surface area (Å²) in [7, 11) is 0. The van der Waals surface area contributed by atoms with Gasteiger partial charge >= 0.3 is 0 Å². The Kier molecular flexibility index (Phi) is 7.08. The van der Waals surface area contributed by atoms with E-state index in [4.69, 9.17) is 0 Å². The SMILES string of the molecule is CCC[C](CC)c1ccc([C](CC)CCC)cc1. The lowest BCUT2D eigenvalue weighted by molar-refractivity contribution is 0.761. The molecule has 0 bridgehead atoms. The van der Waals surface area contributed by atoms with Gasteiger partial charge in [0.2, 0.25) is 0 Å². The van der Waals surface area contributed by atoms with Gasteiger partial charge < -0.3 is 0 Å². The Morgan fingerprint density at radius 1 is 0.667 bits per heavy atom. The summed E-state index contributed by atoms with van der Waals surface area (Å²) in [6, 6.07) is 9.26. The number of hydrogen-bond donors (Lipinski definition) is 0. The third-order valence-electron chi connectivity index (χ3n) is 3.66. The van der Waals surface area contributed by atoms with Gasteiger partial charge in [0, 0.05) is 11.8 Å². The molecule has 0 aliphatic heterocycles. The number of hydrogen-bond acceptors (Lipinski definition) is 0. The summed E-state index contributed by atoms with van der Waals surface area (Å²) in [4.78, 5) is 0. The lowest BCUT2D eigenvalue weighted by Gasteiger charge is -2.17. The summed E-state index contributed by atoms with van der Waals surface area (Å²) in [5, 5.41) is 0. The van der Waals surface area contributed by atoms with Crippen molar-refractivity contribution in [3.8, 4) is 0 Å². The van der Waals surface area contributed by atoms with Gasteiger partial charge in [-0.25, -0.2) is 0 Å². The maximum Gasteiger partial charge on any atom is 0.00470 e. The first-order valence-electron chi connectivity index (χ1n) is 7.56. The van der Waals surface area contributed by atoms with E-state index in [1.807, 2.05) is 0 Å². The molecule has 0 aliphatic carbocycles. The minimum atomic E-state index is 1.17. The monoisotopic (exact) mass is 244 g/mol. The van der Waals surface area contributed by atoms with Gasteiger partial charge in [-0.05, 0) is 36.8 Å². The van der Waals surface area contributed by atoms with Gasteiger partial charge in [-0.2, -0.15) is 0 Å². The fourth-order valence-corrected chi connectivity index (χ4v) is 2.60. The molecular weight excluding hydrogens is 216 g/mol. The Morgan fingerprint density at radius 2 is 1.00 bits per heavy atom. The first-order chi connectivity index (χ1) is 8.76. The van der Waals surface area contributed by atoms with Crippen LogP contribution >= 0.6 is 0 Å². The largest absolute Gasteiger partial charge is 0.0654 e. The highest BCUT2D eigenvalue weighted by molar-refractivity contribution is 5.38. The molecule has 1 aromatic carbocycles. The van der Waals surface area contributed by atoms with Crippen LogP contribution in [0.3, 0.4) is 0 Å². The Balaban J connectivity index is 2.77. The van der Waals surface area contributed by atoms with Crippen molar-refractivity contribution in [2.75, 3.05) is 0 Å². The van der Waals surface area contributed by atoms with Crippen LogP contribution in [-0.2, 0) is 0 Å². The van der Waals surface area contributed by atoms with Crippen molar-refractivity contribution in [3.63, 3.8) is 0 Å². The highest BCUT2D eigenvalue weighted by Gasteiger charge is 2.12. The van der Waals surface area contributed by atoms with Gasteiger partial charge in [0.1, 0.15) is 0 Å². The molecule has 0 N–H and O–H groups in total. The van der Waals surface area contributed by atoms with E-state index in [1.165, 1.54) is 49.7 Å². The number of benzene rings is 1. The fourth-order valence-electron chi connectivity index (χ4n) is 2.60. The molecule has 1 aromatic rings. The third-order valence-corrected chi connectivity index (χ3v) is 3.66. The van der Waals surface area contributed by atoms with Crippen LogP contribution in [0.1, 0.15) is 77.3 Å². The van der Waals surface area contributed by atoms with Gasteiger partial charge in [-0.1, -0.05) is 64.8 Å². The normalized spacial score (nSPS) is 11.4. The number of rotatable bonds is 8. The van der Waals surface area contributed by atoms with Crippen molar-refractivity contribution < 1.29 is 0 Å². The molecule has 0 saturated carbocycles. The second-order valence-corrected chi connectivity index (χ2v) is 4.99. The van der Waals surface area contributed by atoms with Crippen LogP contribution in [0.5, 0.6) is 0 Å². The summed E-state index contributed by atoms with van der Waals surface area (Å²) in [5.41, 5.74) is 2.88. The molecule has 0 atom stereocenters. The summed E-state index contributed by atoms with van der Waals surface area (Å²) in [5.74, 6) is 3.19. The second-order valence-electron chi connectivity index (χ2n) is 4.99. The smallest absolute Gasteiger partial charge is 0.00470 e. The van der Waals surface area contributed by atoms with Crippen molar-refractivity contribution >= 4 is 0 Å². The van der Waals surface area contributed by atoms with E-state index in [1.54, 1.807) is 11.8 Å². The summed E-state index contributed by atoms with van der Waals surface area (Å²) >= 11 is 0. The standard InChI is InChI=1S/C18H28/c1-5-9-15(7-3)17-11-13-18(14-12-17)16(8-4)10-6-2/h11-14H,5-10H2,1-4H3. The van der Waals surface area contributed by atoms with Crippen LogP contribution in [0.4, 0.5) is 0 Å².